The van der Waals surface area contributed by atoms with E-state index in [1.165, 1.54) is 7.11 Å². The van der Waals surface area contributed by atoms with Gasteiger partial charge in [0.2, 0.25) is 0 Å². The Morgan fingerprint density at radius 1 is 1.08 bits per heavy atom. The van der Waals surface area contributed by atoms with Gasteiger partial charge in [-0.05, 0) is 43.7 Å². The lowest BCUT2D eigenvalue weighted by molar-refractivity contribution is -0.142. The first kappa shape index (κ1) is 17.5. The third-order valence-corrected chi connectivity index (χ3v) is 3.47. The lowest BCUT2D eigenvalue weighted by atomic mass is 10.1. The van der Waals surface area contributed by atoms with E-state index >= 15 is 0 Å². The molecule has 5 nitrogen and oxygen atoms in total. The van der Waals surface area contributed by atoms with Crippen molar-refractivity contribution < 1.29 is 19.1 Å². The van der Waals surface area contributed by atoms with Crippen LogP contribution in [-0.4, -0.2) is 25.6 Å². The highest BCUT2D eigenvalue weighted by Crippen LogP contribution is 2.21. The second-order valence-electron chi connectivity index (χ2n) is 5.34. The summed E-state index contributed by atoms with van der Waals surface area (Å²) in [5.41, 5.74) is 2.94. The van der Waals surface area contributed by atoms with E-state index in [9.17, 15) is 9.59 Å². The highest BCUT2D eigenvalue weighted by atomic mass is 16.5. The van der Waals surface area contributed by atoms with E-state index in [0.717, 1.165) is 11.1 Å². The molecular formula is C19H21NO4. The number of esters is 1. The monoisotopic (exact) mass is 327 g/mol. The molecule has 1 amide bonds. The van der Waals surface area contributed by atoms with Crippen LogP contribution in [0.15, 0.2) is 42.5 Å². The molecule has 0 bridgehead atoms. The van der Waals surface area contributed by atoms with Crippen LogP contribution in [0.1, 0.15) is 28.4 Å². The fraction of sp³-hybridized carbons (Fsp3) is 0.263. The molecule has 2 aromatic rings. The molecule has 0 saturated carbocycles. The van der Waals surface area contributed by atoms with Gasteiger partial charge < -0.3 is 14.8 Å². The summed E-state index contributed by atoms with van der Waals surface area (Å²) in [4.78, 5) is 23.9. The second kappa shape index (κ2) is 8.15. The average molecular weight is 327 g/mol. The third-order valence-electron chi connectivity index (χ3n) is 3.47. The molecule has 0 spiro atoms. The zero-order valence-electron chi connectivity index (χ0n) is 14.1. The number of anilines is 1. The van der Waals surface area contributed by atoms with Gasteiger partial charge >= 0.3 is 5.97 Å². The molecule has 0 fully saturated rings. The van der Waals surface area contributed by atoms with E-state index in [1.807, 2.05) is 13.0 Å². The summed E-state index contributed by atoms with van der Waals surface area (Å²) >= 11 is 0. The van der Waals surface area contributed by atoms with Crippen LogP contribution >= 0.6 is 0 Å². The Kier molecular flexibility index (Phi) is 5.95. The van der Waals surface area contributed by atoms with Gasteiger partial charge in [-0.15, -0.1) is 0 Å². The van der Waals surface area contributed by atoms with Crippen LogP contribution in [0.4, 0.5) is 5.69 Å². The van der Waals surface area contributed by atoms with E-state index < -0.39 is 0 Å². The number of rotatable bonds is 6. The molecule has 24 heavy (non-hydrogen) atoms. The molecule has 2 aromatic carbocycles. The summed E-state index contributed by atoms with van der Waals surface area (Å²) in [5.74, 6) is 0.0181. The number of hydrogen-bond donors (Lipinski definition) is 1. The van der Waals surface area contributed by atoms with Crippen LogP contribution in [0.2, 0.25) is 0 Å². The number of carbonyl (C=O) groups excluding carboxylic acids is 2. The van der Waals surface area contributed by atoms with Gasteiger partial charge in [0, 0.05) is 5.69 Å². The topological polar surface area (TPSA) is 64.6 Å². The molecule has 0 saturated heterocycles. The van der Waals surface area contributed by atoms with Gasteiger partial charge in [-0.3, -0.25) is 9.59 Å². The SMILES string of the molecule is CCOC(=O)Cc1ccc(NC(=O)c2cc(C)ccc2OC)cc1. The molecule has 5 heteroatoms. The summed E-state index contributed by atoms with van der Waals surface area (Å²) in [6.45, 7) is 4.06. The Balaban J connectivity index is 2.07. The molecule has 2 rings (SSSR count). The number of amides is 1. The summed E-state index contributed by atoms with van der Waals surface area (Å²) in [6.07, 6.45) is 0.216. The quantitative estimate of drug-likeness (QED) is 0.826. The number of hydrogen-bond acceptors (Lipinski definition) is 4. The minimum Gasteiger partial charge on any atom is -0.496 e. The number of benzene rings is 2. The zero-order valence-corrected chi connectivity index (χ0v) is 14.1. The first-order chi connectivity index (χ1) is 11.5. The maximum atomic E-state index is 12.4. The average Bonchev–Trinajstić information content (AvgIpc) is 2.56. The van der Waals surface area contributed by atoms with Crippen molar-refractivity contribution in [1.29, 1.82) is 0 Å². The molecule has 0 unspecified atom stereocenters. The summed E-state index contributed by atoms with van der Waals surface area (Å²) in [6, 6.07) is 12.5. The first-order valence-corrected chi connectivity index (χ1v) is 7.74. The molecule has 0 aliphatic carbocycles. The molecule has 1 N–H and O–H groups in total. The molecule has 0 aliphatic rings. The predicted molar refractivity (Wildman–Crippen MR) is 92.5 cm³/mol. The minimum atomic E-state index is -0.265. The summed E-state index contributed by atoms with van der Waals surface area (Å²) in [7, 11) is 1.53. The van der Waals surface area contributed by atoms with Crippen molar-refractivity contribution in [1.82, 2.24) is 0 Å². The van der Waals surface area contributed by atoms with Crippen molar-refractivity contribution in [3.63, 3.8) is 0 Å². The largest absolute Gasteiger partial charge is 0.496 e. The second-order valence-corrected chi connectivity index (χ2v) is 5.34. The van der Waals surface area contributed by atoms with Crippen molar-refractivity contribution >= 4 is 17.6 Å². The Bertz CT molecular complexity index is 723. The van der Waals surface area contributed by atoms with Crippen LogP contribution in [0.3, 0.4) is 0 Å². The van der Waals surface area contributed by atoms with Crippen molar-refractivity contribution in [3.8, 4) is 5.75 Å². The molecule has 0 heterocycles. The van der Waals surface area contributed by atoms with Crippen molar-refractivity contribution in [2.45, 2.75) is 20.3 Å². The lowest BCUT2D eigenvalue weighted by Gasteiger charge is -2.10. The Labute approximate surface area is 141 Å². The Hall–Kier alpha value is -2.82. The van der Waals surface area contributed by atoms with Gasteiger partial charge in [0.25, 0.3) is 5.91 Å². The van der Waals surface area contributed by atoms with Crippen LogP contribution in [0.25, 0.3) is 0 Å². The van der Waals surface area contributed by atoms with Crippen molar-refractivity contribution in [3.05, 3.63) is 59.2 Å². The molecule has 0 aromatic heterocycles. The normalized spacial score (nSPS) is 10.1. The highest BCUT2D eigenvalue weighted by Gasteiger charge is 2.13. The van der Waals surface area contributed by atoms with Gasteiger partial charge in [0.15, 0.2) is 0 Å². The van der Waals surface area contributed by atoms with Crippen LogP contribution in [0.5, 0.6) is 5.75 Å². The number of aryl methyl sites for hydroxylation is 1. The van der Waals surface area contributed by atoms with E-state index in [-0.39, 0.29) is 18.3 Å². The molecule has 0 aliphatic heterocycles. The molecule has 0 atom stereocenters. The van der Waals surface area contributed by atoms with Crippen molar-refractivity contribution in [2.75, 3.05) is 19.0 Å². The molecular weight excluding hydrogens is 306 g/mol. The van der Waals surface area contributed by atoms with E-state index in [4.69, 9.17) is 9.47 Å². The number of methoxy groups -OCH3 is 1. The smallest absolute Gasteiger partial charge is 0.310 e. The highest BCUT2D eigenvalue weighted by molar-refractivity contribution is 6.06. The van der Waals surface area contributed by atoms with Gasteiger partial charge in [0.05, 0.1) is 25.7 Å². The fourth-order valence-corrected chi connectivity index (χ4v) is 2.28. The van der Waals surface area contributed by atoms with Crippen molar-refractivity contribution in [2.24, 2.45) is 0 Å². The number of nitrogens with one attached hydrogen (secondary N) is 1. The van der Waals surface area contributed by atoms with E-state index in [1.54, 1.807) is 43.3 Å². The first-order valence-electron chi connectivity index (χ1n) is 7.74. The summed E-state index contributed by atoms with van der Waals surface area (Å²) in [5, 5.41) is 2.83. The zero-order chi connectivity index (χ0) is 17.5. The Morgan fingerprint density at radius 2 is 1.79 bits per heavy atom. The van der Waals surface area contributed by atoms with E-state index in [0.29, 0.717) is 23.6 Å². The Morgan fingerprint density at radius 3 is 2.42 bits per heavy atom. The van der Waals surface area contributed by atoms with E-state index in [2.05, 4.69) is 5.32 Å². The fourth-order valence-electron chi connectivity index (χ4n) is 2.28. The third kappa shape index (κ3) is 4.59. The summed E-state index contributed by atoms with van der Waals surface area (Å²) < 4.78 is 10.1. The standard InChI is InChI=1S/C19H21NO4/c1-4-24-18(21)12-14-6-8-15(9-7-14)20-19(22)16-11-13(2)5-10-17(16)23-3/h5-11H,4,12H2,1-3H3,(H,20,22). The predicted octanol–water partition coefficient (Wildman–Crippen LogP) is 3.36. The lowest BCUT2D eigenvalue weighted by Crippen LogP contribution is -2.13. The molecule has 0 radical (unpaired) electrons. The van der Waals surface area contributed by atoms with Gasteiger partial charge in [0.1, 0.15) is 5.75 Å². The molecule has 126 valence electrons. The number of ether oxygens (including phenoxy) is 2. The maximum Gasteiger partial charge on any atom is 0.310 e. The minimum absolute atomic E-state index is 0.216. The van der Waals surface area contributed by atoms with Crippen LogP contribution < -0.4 is 10.1 Å². The van der Waals surface area contributed by atoms with Crippen LogP contribution in [-0.2, 0) is 16.0 Å². The van der Waals surface area contributed by atoms with Gasteiger partial charge in [-0.2, -0.15) is 0 Å². The van der Waals surface area contributed by atoms with Crippen LogP contribution in [0, 0.1) is 6.92 Å². The number of carbonyl (C=O) groups is 2. The van der Waals surface area contributed by atoms with Gasteiger partial charge in [-0.1, -0.05) is 23.8 Å². The van der Waals surface area contributed by atoms with Gasteiger partial charge in [-0.25, -0.2) is 0 Å². The maximum absolute atomic E-state index is 12.4.